The molecule has 4 bridgehead atoms. The highest BCUT2D eigenvalue weighted by molar-refractivity contribution is 6.02. The fourth-order valence-corrected chi connectivity index (χ4v) is 10.9. The molecule has 0 unspecified atom stereocenters. The summed E-state index contributed by atoms with van der Waals surface area (Å²) < 4.78 is 11.7. The topological polar surface area (TPSA) is 96.5 Å². The molecule has 5 fully saturated rings. The number of ether oxygens (including phenoxy) is 2. The minimum atomic E-state index is -0.857. The number of likely N-dealkylation sites (tertiary alicyclic amines) is 1. The molecule has 0 radical (unpaired) electrons. The molecule has 0 N–H and O–H groups in total. The van der Waals surface area contributed by atoms with Crippen molar-refractivity contribution in [2.24, 2.45) is 23.7 Å². The van der Waals surface area contributed by atoms with E-state index in [-0.39, 0.29) is 30.5 Å². The van der Waals surface area contributed by atoms with Crippen molar-refractivity contribution in [3.8, 4) is 0 Å². The first-order chi connectivity index (χ1) is 24.9. The van der Waals surface area contributed by atoms with Crippen molar-refractivity contribution in [2.75, 3.05) is 12.0 Å². The van der Waals surface area contributed by atoms with Crippen molar-refractivity contribution in [1.82, 2.24) is 9.80 Å². The molecule has 4 saturated carbocycles. The van der Waals surface area contributed by atoms with E-state index >= 15 is 4.79 Å². The Balaban J connectivity index is 1.05. The molecule has 264 valence electrons. The van der Waals surface area contributed by atoms with Crippen LogP contribution in [-0.2, 0) is 43.2 Å². The molecular formula is C42H45N3O6. The lowest BCUT2D eigenvalue weighted by Crippen LogP contribution is -2.58. The minimum Gasteiger partial charge on any atom is -0.467 e. The van der Waals surface area contributed by atoms with E-state index in [0.29, 0.717) is 43.2 Å². The molecule has 7 aliphatic rings. The van der Waals surface area contributed by atoms with Gasteiger partial charge in [0.15, 0.2) is 0 Å². The van der Waals surface area contributed by atoms with Gasteiger partial charge in [0.25, 0.3) is 0 Å². The molecule has 3 aromatic carbocycles. The second kappa shape index (κ2) is 12.8. The number of rotatable bonds is 5. The molecule has 3 amide bonds. The Hall–Kier alpha value is -4.66. The average molecular weight is 688 g/mol. The van der Waals surface area contributed by atoms with Gasteiger partial charge in [-0.15, -0.1) is 0 Å². The van der Waals surface area contributed by atoms with Gasteiger partial charge in [0.2, 0.25) is 11.8 Å². The van der Waals surface area contributed by atoms with E-state index in [0.717, 1.165) is 59.8 Å². The first kappa shape index (κ1) is 32.3. The molecule has 3 heterocycles. The standard InChI is InChI=1S/C42H45N3O6/c1-50-41(48)37-22-28-11-5-6-13-30(28)24-43(37)39(46)35-16-15-34(27-9-3-2-4-10-27)44(35)40(47)36-23-29-12-7-8-14-33(29)45(36)42(49)51-38-31-18-25-17-26(20-31)21-32(38)19-25/h2-14,25-26,31-32,34-38H,15-24H2,1H3/t25?,26?,31?,32?,34-,35+,36+,37+,38?/m0/s1. The van der Waals surface area contributed by atoms with E-state index in [1.165, 1.54) is 13.5 Å². The van der Waals surface area contributed by atoms with Crippen molar-refractivity contribution in [3.05, 3.63) is 101 Å². The molecule has 10 rings (SSSR count). The third-order valence-electron chi connectivity index (χ3n) is 12.9. The van der Waals surface area contributed by atoms with Crippen molar-refractivity contribution >= 4 is 29.6 Å². The SMILES string of the molecule is COC(=O)[C@H]1Cc2ccccc2CN1C(=O)[C@H]1CC[C@@H](c2ccccc2)N1C(=O)[C@H]1Cc2ccccc2N1C(=O)OC1C2CC3CC(C2)CC1C3. The van der Waals surface area contributed by atoms with Gasteiger partial charge in [0, 0.05) is 19.4 Å². The summed E-state index contributed by atoms with van der Waals surface area (Å²) in [5, 5.41) is 0. The van der Waals surface area contributed by atoms with Crippen molar-refractivity contribution in [1.29, 1.82) is 0 Å². The van der Waals surface area contributed by atoms with Crippen LogP contribution in [0.3, 0.4) is 0 Å². The Kier molecular flexibility index (Phi) is 8.12. The van der Waals surface area contributed by atoms with Gasteiger partial charge < -0.3 is 19.3 Å². The lowest BCUT2D eigenvalue weighted by Gasteiger charge is -2.53. The maximum Gasteiger partial charge on any atom is 0.415 e. The zero-order valence-electron chi connectivity index (χ0n) is 29.1. The van der Waals surface area contributed by atoms with Crippen molar-refractivity contribution < 1.29 is 28.7 Å². The third kappa shape index (κ3) is 5.51. The Labute approximate surface area is 298 Å². The number of carbonyl (C=O) groups is 4. The molecule has 9 nitrogen and oxygen atoms in total. The molecule has 3 aliphatic heterocycles. The van der Waals surface area contributed by atoms with E-state index in [9.17, 15) is 14.4 Å². The Morgan fingerprint density at radius 3 is 1.98 bits per heavy atom. The Morgan fingerprint density at radius 1 is 0.647 bits per heavy atom. The molecule has 0 aromatic heterocycles. The number of anilines is 1. The predicted octanol–water partition coefficient (Wildman–Crippen LogP) is 6.24. The number of fused-ring (bicyclic) bond motifs is 2. The smallest absolute Gasteiger partial charge is 0.415 e. The molecule has 9 heteroatoms. The maximum absolute atomic E-state index is 15.2. The number of carbonyl (C=O) groups excluding carboxylic acids is 4. The van der Waals surface area contributed by atoms with Crippen LogP contribution in [0.5, 0.6) is 0 Å². The van der Waals surface area contributed by atoms with Gasteiger partial charge in [-0.2, -0.15) is 0 Å². The quantitative estimate of drug-likeness (QED) is 0.295. The monoisotopic (exact) mass is 687 g/mol. The van der Waals surface area contributed by atoms with Gasteiger partial charge in [-0.1, -0.05) is 72.8 Å². The summed E-state index contributed by atoms with van der Waals surface area (Å²) >= 11 is 0. The third-order valence-corrected chi connectivity index (χ3v) is 12.9. The molecule has 3 aromatic rings. The minimum absolute atomic E-state index is 0.121. The molecule has 51 heavy (non-hydrogen) atoms. The highest BCUT2D eigenvalue weighted by atomic mass is 16.6. The summed E-state index contributed by atoms with van der Waals surface area (Å²) in [4.78, 5) is 62.5. The van der Waals surface area contributed by atoms with Gasteiger partial charge in [0.05, 0.1) is 18.8 Å². The van der Waals surface area contributed by atoms with Crippen LogP contribution >= 0.6 is 0 Å². The van der Waals surface area contributed by atoms with Gasteiger partial charge in [0.1, 0.15) is 24.2 Å². The lowest BCUT2D eigenvalue weighted by atomic mass is 9.55. The molecular weight excluding hydrogens is 642 g/mol. The van der Waals surface area contributed by atoms with Gasteiger partial charge in [-0.3, -0.25) is 14.5 Å². The number of nitrogens with zero attached hydrogens (tertiary/aromatic N) is 3. The van der Waals surface area contributed by atoms with Crippen LogP contribution in [0, 0.1) is 23.7 Å². The van der Waals surface area contributed by atoms with Crippen LogP contribution in [0.1, 0.15) is 73.2 Å². The van der Waals surface area contributed by atoms with Crippen LogP contribution in [-0.4, -0.2) is 65.0 Å². The second-order valence-corrected chi connectivity index (χ2v) is 15.7. The zero-order valence-corrected chi connectivity index (χ0v) is 29.1. The number of hydrogen-bond acceptors (Lipinski definition) is 6. The van der Waals surface area contributed by atoms with E-state index in [2.05, 4.69) is 0 Å². The number of amides is 3. The van der Waals surface area contributed by atoms with Crippen LogP contribution in [0.2, 0.25) is 0 Å². The van der Waals surface area contributed by atoms with E-state index in [4.69, 9.17) is 9.47 Å². The number of esters is 1. The predicted molar refractivity (Wildman–Crippen MR) is 189 cm³/mol. The average Bonchev–Trinajstić information content (AvgIpc) is 3.78. The Morgan fingerprint density at radius 2 is 1.27 bits per heavy atom. The van der Waals surface area contributed by atoms with E-state index in [1.807, 2.05) is 78.9 Å². The summed E-state index contributed by atoms with van der Waals surface area (Å²) in [5.41, 5.74) is 4.53. The summed E-state index contributed by atoms with van der Waals surface area (Å²) in [5.74, 6) is 1.25. The van der Waals surface area contributed by atoms with Gasteiger partial charge >= 0.3 is 12.1 Å². The van der Waals surface area contributed by atoms with Gasteiger partial charge in [-0.05, 0) is 96.9 Å². The van der Waals surface area contributed by atoms with Crippen LogP contribution < -0.4 is 4.90 Å². The van der Waals surface area contributed by atoms with E-state index in [1.54, 1.807) is 14.7 Å². The maximum atomic E-state index is 15.2. The normalized spacial score (nSPS) is 31.6. The lowest BCUT2D eigenvalue weighted by molar-refractivity contribution is -0.157. The molecule has 1 saturated heterocycles. The van der Waals surface area contributed by atoms with E-state index < -0.39 is 30.2 Å². The highest BCUT2D eigenvalue weighted by Gasteiger charge is 2.53. The first-order valence-electron chi connectivity index (χ1n) is 18.8. The summed E-state index contributed by atoms with van der Waals surface area (Å²) in [6.07, 6.45) is 6.91. The van der Waals surface area contributed by atoms with Crippen LogP contribution in [0.25, 0.3) is 0 Å². The summed E-state index contributed by atoms with van der Waals surface area (Å²) in [6.45, 7) is 0.252. The first-order valence-corrected chi connectivity index (χ1v) is 18.8. The zero-order chi connectivity index (χ0) is 34.8. The Bertz CT molecular complexity index is 1830. The molecule has 4 aliphatic carbocycles. The van der Waals surface area contributed by atoms with Crippen LogP contribution in [0.4, 0.5) is 10.5 Å². The fourth-order valence-electron chi connectivity index (χ4n) is 10.9. The molecule has 0 spiro atoms. The van der Waals surface area contributed by atoms with Crippen molar-refractivity contribution in [2.45, 2.75) is 94.6 Å². The summed E-state index contributed by atoms with van der Waals surface area (Å²) in [7, 11) is 1.34. The summed E-state index contributed by atoms with van der Waals surface area (Å²) in [6, 6.07) is 22.5. The van der Waals surface area contributed by atoms with Crippen LogP contribution in [0.15, 0.2) is 78.9 Å². The second-order valence-electron chi connectivity index (χ2n) is 15.7. The number of methoxy groups -OCH3 is 1. The highest BCUT2D eigenvalue weighted by Crippen LogP contribution is 2.55. The van der Waals surface area contributed by atoms with Crippen molar-refractivity contribution in [3.63, 3.8) is 0 Å². The number of benzene rings is 3. The molecule has 4 atom stereocenters. The number of para-hydroxylation sites is 1. The largest absolute Gasteiger partial charge is 0.467 e. The number of hydrogen-bond donors (Lipinski definition) is 0. The van der Waals surface area contributed by atoms with Gasteiger partial charge in [-0.25, -0.2) is 9.59 Å². The fraction of sp³-hybridized carbons (Fsp3) is 0.476.